The molecule has 0 atom stereocenters. The van der Waals surface area contributed by atoms with Crippen LogP contribution in [0.4, 0.5) is 10.5 Å². The maximum absolute atomic E-state index is 12.8. The molecule has 1 aliphatic heterocycles. The second-order valence-corrected chi connectivity index (χ2v) is 8.21. The van der Waals surface area contributed by atoms with E-state index in [1.165, 1.54) is 0 Å². The summed E-state index contributed by atoms with van der Waals surface area (Å²) >= 11 is 0. The quantitative estimate of drug-likeness (QED) is 0.344. The van der Waals surface area contributed by atoms with Gasteiger partial charge in [-0.15, -0.1) is 0 Å². The Kier molecular flexibility index (Phi) is 7.65. The molecule has 0 bridgehead atoms. The average molecular weight is 486 g/mol. The lowest BCUT2D eigenvalue weighted by Crippen LogP contribution is -2.38. The summed E-state index contributed by atoms with van der Waals surface area (Å²) in [6.45, 7) is 4.23. The van der Waals surface area contributed by atoms with Gasteiger partial charge in [-0.2, -0.15) is 0 Å². The molecule has 4 amide bonds. The monoisotopic (exact) mass is 485 g/mol. The molecule has 3 aromatic rings. The van der Waals surface area contributed by atoms with Crippen LogP contribution in [-0.2, 0) is 16.2 Å². The van der Waals surface area contributed by atoms with Crippen molar-refractivity contribution < 1.29 is 23.9 Å². The molecule has 3 aromatic carbocycles. The maximum Gasteiger partial charge on any atom is 0.329 e. The van der Waals surface area contributed by atoms with Gasteiger partial charge < -0.3 is 20.1 Å². The van der Waals surface area contributed by atoms with Gasteiger partial charge in [-0.05, 0) is 55.3 Å². The number of hydrogen-bond donors (Lipinski definition) is 2. The lowest BCUT2D eigenvalue weighted by Gasteiger charge is -2.13. The van der Waals surface area contributed by atoms with E-state index in [1.54, 1.807) is 36.4 Å². The molecule has 0 saturated carbocycles. The number of hydrogen-bond acceptors (Lipinski definition) is 5. The number of benzene rings is 3. The van der Waals surface area contributed by atoms with Crippen molar-refractivity contribution in [1.29, 1.82) is 0 Å². The summed E-state index contributed by atoms with van der Waals surface area (Å²) < 4.78 is 11.6. The first-order chi connectivity index (χ1) is 17.4. The largest absolute Gasteiger partial charge is 0.490 e. The first-order valence-electron chi connectivity index (χ1n) is 11.6. The molecule has 1 saturated heterocycles. The number of carbonyl (C=O) groups excluding carboxylic acids is 3. The summed E-state index contributed by atoms with van der Waals surface area (Å²) in [5.74, 6) is 0.0384. The number of urea groups is 1. The minimum atomic E-state index is -0.654. The molecule has 0 unspecified atom stereocenters. The summed E-state index contributed by atoms with van der Waals surface area (Å²) in [5, 5.41) is 5.23. The Morgan fingerprint density at radius 1 is 0.972 bits per heavy atom. The minimum absolute atomic E-state index is 0.0727. The molecule has 0 aromatic heterocycles. The SMILES string of the molecule is CCOc1cc(/C=C2/NC(=O)N(CC(=O)Nc3ccc(C)cc3)C2=O)ccc1OCc1ccccc1. The number of nitrogens with one attached hydrogen (secondary N) is 2. The van der Waals surface area contributed by atoms with Crippen molar-refractivity contribution >= 4 is 29.6 Å². The van der Waals surface area contributed by atoms with Crippen molar-refractivity contribution in [2.24, 2.45) is 0 Å². The fourth-order valence-electron chi connectivity index (χ4n) is 3.60. The third-order valence-electron chi connectivity index (χ3n) is 5.42. The van der Waals surface area contributed by atoms with Gasteiger partial charge in [-0.3, -0.25) is 9.59 Å². The van der Waals surface area contributed by atoms with Crippen molar-refractivity contribution in [1.82, 2.24) is 10.2 Å². The number of rotatable bonds is 9. The first-order valence-corrected chi connectivity index (χ1v) is 11.6. The Bertz CT molecular complexity index is 1290. The van der Waals surface area contributed by atoms with Crippen LogP contribution in [0.5, 0.6) is 11.5 Å². The van der Waals surface area contributed by atoms with E-state index in [4.69, 9.17) is 9.47 Å². The van der Waals surface area contributed by atoms with Crippen molar-refractivity contribution in [3.8, 4) is 11.5 Å². The molecule has 2 N–H and O–H groups in total. The van der Waals surface area contributed by atoms with Crippen molar-refractivity contribution in [2.75, 3.05) is 18.5 Å². The van der Waals surface area contributed by atoms with Crippen molar-refractivity contribution in [2.45, 2.75) is 20.5 Å². The van der Waals surface area contributed by atoms with Crippen LogP contribution in [0.15, 0.2) is 78.5 Å². The van der Waals surface area contributed by atoms with E-state index in [0.717, 1.165) is 16.0 Å². The zero-order chi connectivity index (χ0) is 25.5. The van der Waals surface area contributed by atoms with Gasteiger partial charge in [-0.25, -0.2) is 9.69 Å². The highest BCUT2D eigenvalue weighted by atomic mass is 16.5. The van der Waals surface area contributed by atoms with Crippen LogP contribution in [-0.4, -0.2) is 35.9 Å². The molecule has 1 aliphatic rings. The van der Waals surface area contributed by atoms with Gasteiger partial charge >= 0.3 is 6.03 Å². The fraction of sp³-hybridized carbons (Fsp3) is 0.179. The number of aryl methyl sites for hydroxylation is 1. The summed E-state index contributed by atoms with van der Waals surface area (Å²) in [6, 6.07) is 21.6. The smallest absolute Gasteiger partial charge is 0.329 e. The predicted molar refractivity (Wildman–Crippen MR) is 136 cm³/mol. The number of amides is 4. The normalized spacial score (nSPS) is 14.1. The van der Waals surface area contributed by atoms with Crippen LogP contribution >= 0.6 is 0 Å². The van der Waals surface area contributed by atoms with Crippen molar-refractivity contribution in [3.05, 3.63) is 95.2 Å². The van der Waals surface area contributed by atoms with Gasteiger partial charge in [0, 0.05) is 5.69 Å². The second kappa shape index (κ2) is 11.2. The highest BCUT2D eigenvalue weighted by Gasteiger charge is 2.35. The maximum atomic E-state index is 12.8. The van der Waals surface area contributed by atoms with Crippen LogP contribution in [0, 0.1) is 6.92 Å². The van der Waals surface area contributed by atoms with E-state index in [-0.39, 0.29) is 5.70 Å². The van der Waals surface area contributed by atoms with Gasteiger partial charge in [0.2, 0.25) is 5.91 Å². The highest BCUT2D eigenvalue weighted by Crippen LogP contribution is 2.30. The van der Waals surface area contributed by atoms with E-state index >= 15 is 0 Å². The number of ether oxygens (including phenoxy) is 2. The summed E-state index contributed by atoms with van der Waals surface area (Å²) in [7, 11) is 0. The third-order valence-corrected chi connectivity index (χ3v) is 5.42. The van der Waals surface area contributed by atoms with E-state index in [2.05, 4.69) is 10.6 Å². The van der Waals surface area contributed by atoms with E-state index in [9.17, 15) is 14.4 Å². The molecule has 4 rings (SSSR count). The van der Waals surface area contributed by atoms with Crippen LogP contribution < -0.4 is 20.1 Å². The van der Waals surface area contributed by atoms with E-state index < -0.39 is 24.4 Å². The number of carbonyl (C=O) groups is 3. The molecule has 0 spiro atoms. The van der Waals surface area contributed by atoms with Crippen LogP contribution in [0.3, 0.4) is 0 Å². The summed E-state index contributed by atoms with van der Waals surface area (Å²) in [6.07, 6.45) is 1.54. The highest BCUT2D eigenvalue weighted by molar-refractivity contribution is 6.15. The number of imide groups is 1. The van der Waals surface area contributed by atoms with Gasteiger partial charge in [0.15, 0.2) is 11.5 Å². The fourth-order valence-corrected chi connectivity index (χ4v) is 3.60. The Balaban J connectivity index is 1.44. The van der Waals surface area contributed by atoms with Crippen LogP contribution in [0.1, 0.15) is 23.6 Å². The Hall–Kier alpha value is -4.59. The average Bonchev–Trinajstić information content (AvgIpc) is 3.13. The second-order valence-electron chi connectivity index (χ2n) is 8.21. The Morgan fingerprint density at radius 3 is 2.44 bits per heavy atom. The minimum Gasteiger partial charge on any atom is -0.490 e. The van der Waals surface area contributed by atoms with Crippen molar-refractivity contribution in [3.63, 3.8) is 0 Å². The summed E-state index contributed by atoms with van der Waals surface area (Å²) in [5.41, 5.74) is 3.38. The number of nitrogens with zero attached hydrogens (tertiary/aromatic N) is 1. The molecule has 1 heterocycles. The topological polar surface area (TPSA) is 97.0 Å². The zero-order valence-corrected chi connectivity index (χ0v) is 20.1. The lowest BCUT2D eigenvalue weighted by molar-refractivity contribution is -0.127. The first kappa shape index (κ1) is 24.5. The summed E-state index contributed by atoms with van der Waals surface area (Å²) in [4.78, 5) is 38.5. The van der Waals surface area contributed by atoms with Gasteiger partial charge in [-0.1, -0.05) is 54.1 Å². The molecule has 184 valence electrons. The number of anilines is 1. The Labute approximate surface area is 209 Å². The molecule has 36 heavy (non-hydrogen) atoms. The molecule has 1 fully saturated rings. The molecule has 8 nitrogen and oxygen atoms in total. The van der Waals surface area contributed by atoms with Crippen LogP contribution in [0.25, 0.3) is 6.08 Å². The molecule has 8 heteroatoms. The predicted octanol–water partition coefficient (Wildman–Crippen LogP) is 4.50. The van der Waals surface area contributed by atoms with Crippen LogP contribution in [0.2, 0.25) is 0 Å². The van der Waals surface area contributed by atoms with Gasteiger partial charge in [0.1, 0.15) is 18.8 Å². The molecular formula is C28H27N3O5. The molecule has 0 radical (unpaired) electrons. The molecular weight excluding hydrogens is 458 g/mol. The van der Waals surface area contributed by atoms with E-state index in [0.29, 0.717) is 36.0 Å². The standard InChI is InChI=1S/C28H27N3O5/c1-3-35-25-16-21(11-14-24(25)36-18-20-7-5-4-6-8-20)15-23-27(33)31(28(34)30-23)17-26(32)29-22-12-9-19(2)10-13-22/h4-16H,3,17-18H2,1-2H3,(H,29,32)(H,30,34)/b23-15+. The van der Waals surface area contributed by atoms with E-state index in [1.807, 2.05) is 56.3 Å². The van der Waals surface area contributed by atoms with Gasteiger partial charge in [0.05, 0.1) is 6.61 Å². The third kappa shape index (κ3) is 6.09. The Morgan fingerprint density at radius 2 is 1.72 bits per heavy atom. The van der Waals surface area contributed by atoms with Gasteiger partial charge in [0.25, 0.3) is 5.91 Å². The zero-order valence-electron chi connectivity index (χ0n) is 20.1. The molecule has 0 aliphatic carbocycles. The lowest BCUT2D eigenvalue weighted by atomic mass is 10.1.